The second kappa shape index (κ2) is 4.91. The van der Waals surface area contributed by atoms with Crippen molar-refractivity contribution in [1.29, 1.82) is 0 Å². The molecular weight excluding hydrogens is 348 g/mol. The Balaban J connectivity index is 1.68. The predicted octanol–water partition coefficient (Wildman–Crippen LogP) is 1.91. The lowest BCUT2D eigenvalue weighted by atomic mass is 10.1. The molecule has 4 heterocycles. The smallest absolute Gasteiger partial charge is 0.275 e. The van der Waals surface area contributed by atoms with E-state index in [0.717, 1.165) is 10.2 Å². The fourth-order valence-corrected chi connectivity index (χ4v) is 3.12. The van der Waals surface area contributed by atoms with E-state index < -0.39 is 0 Å². The maximum atomic E-state index is 12.8. The van der Waals surface area contributed by atoms with Crippen LogP contribution in [0.25, 0.3) is 5.65 Å². The molecule has 0 N–H and O–H groups in total. The van der Waals surface area contributed by atoms with Crippen LogP contribution in [-0.2, 0) is 6.54 Å². The van der Waals surface area contributed by atoms with Crippen LogP contribution in [0.3, 0.4) is 0 Å². The van der Waals surface area contributed by atoms with E-state index in [4.69, 9.17) is 0 Å². The van der Waals surface area contributed by atoms with E-state index in [1.807, 2.05) is 22.6 Å². The molecule has 0 saturated heterocycles. The molecular formula is C14H13BrN6O. The van der Waals surface area contributed by atoms with E-state index in [1.165, 1.54) is 0 Å². The zero-order chi connectivity index (χ0) is 15.3. The van der Waals surface area contributed by atoms with Gasteiger partial charge < -0.3 is 4.90 Å². The number of hydrogen-bond donors (Lipinski definition) is 0. The van der Waals surface area contributed by atoms with Crippen molar-refractivity contribution in [1.82, 2.24) is 29.3 Å². The van der Waals surface area contributed by atoms with Gasteiger partial charge in [0.1, 0.15) is 0 Å². The van der Waals surface area contributed by atoms with Crippen LogP contribution in [0, 0.1) is 0 Å². The molecule has 0 saturated carbocycles. The van der Waals surface area contributed by atoms with Crippen LogP contribution in [0.4, 0.5) is 0 Å². The molecule has 8 heteroatoms. The molecule has 1 aliphatic heterocycles. The minimum atomic E-state index is -0.0819. The molecule has 1 aliphatic rings. The lowest BCUT2D eigenvalue weighted by Gasteiger charge is -2.33. The molecule has 0 aliphatic carbocycles. The van der Waals surface area contributed by atoms with Gasteiger partial charge in [-0.1, -0.05) is 0 Å². The largest absolute Gasteiger partial charge is 0.327 e. The molecule has 3 aromatic heterocycles. The highest BCUT2D eigenvalue weighted by molar-refractivity contribution is 9.10. The molecule has 112 valence electrons. The van der Waals surface area contributed by atoms with Crippen LogP contribution in [0.5, 0.6) is 0 Å². The summed E-state index contributed by atoms with van der Waals surface area (Å²) in [5.74, 6) is -0.0819. The van der Waals surface area contributed by atoms with Crippen LogP contribution in [0.15, 0.2) is 35.2 Å². The highest BCUT2D eigenvalue weighted by Gasteiger charge is 2.30. The second-order valence-electron chi connectivity index (χ2n) is 5.26. The third kappa shape index (κ3) is 2.02. The van der Waals surface area contributed by atoms with Crippen molar-refractivity contribution in [3.05, 3.63) is 46.6 Å². The number of aromatic nitrogens is 5. The third-order valence-electron chi connectivity index (χ3n) is 3.96. The minimum absolute atomic E-state index is 0.0201. The Bertz CT molecular complexity index is 869. The number of amides is 1. The summed E-state index contributed by atoms with van der Waals surface area (Å²) in [6, 6.07) is 3.65. The molecule has 0 aromatic carbocycles. The normalized spacial score (nSPS) is 17.7. The Kier molecular flexibility index (Phi) is 3.00. The number of nitrogens with zero attached hydrogens (tertiary/aromatic N) is 6. The fraction of sp³-hybridized carbons (Fsp3) is 0.286. The van der Waals surface area contributed by atoms with Crippen molar-refractivity contribution in [2.75, 3.05) is 6.54 Å². The Labute approximate surface area is 134 Å². The molecule has 1 atom stereocenters. The lowest BCUT2D eigenvalue weighted by Crippen LogP contribution is -2.41. The van der Waals surface area contributed by atoms with Crippen molar-refractivity contribution in [2.45, 2.75) is 19.5 Å². The third-order valence-corrected chi connectivity index (χ3v) is 4.37. The van der Waals surface area contributed by atoms with Crippen molar-refractivity contribution in [2.24, 2.45) is 0 Å². The Morgan fingerprint density at radius 3 is 3.14 bits per heavy atom. The topological polar surface area (TPSA) is 68.3 Å². The maximum Gasteiger partial charge on any atom is 0.275 e. The Morgan fingerprint density at radius 1 is 1.41 bits per heavy atom. The molecule has 3 aromatic rings. The summed E-state index contributed by atoms with van der Waals surface area (Å²) in [6.45, 7) is 3.34. The van der Waals surface area contributed by atoms with E-state index >= 15 is 0 Å². The fourth-order valence-electron chi connectivity index (χ4n) is 2.82. The van der Waals surface area contributed by atoms with Gasteiger partial charge in [0.25, 0.3) is 5.91 Å². The Morgan fingerprint density at radius 2 is 2.27 bits per heavy atom. The Hall–Kier alpha value is -2.22. The number of fused-ring (bicyclic) bond motifs is 2. The standard InChI is InChI=1S/C14H13BrN6O/c1-9-12-2-3-17-20(12)5-4-19(9)14(22)11-6-13-16-7-10(15)8-21(13)18-11/h2-3,6-9H,4-5H2,1H3. The van der Waals surface area contributed by atoms with Crippen molar-refractivity contribution in [3.8, 4) is 0 Å². The van der Waals surface area contributed by atoms with Crippen molar-refractivity contribution < 1.29 is 4.79 Å². The van der Waals surface area contributed by atoms with Gasteiger partial charge in [0.15, 0.2) is 11.3 Å². The number of carbonyl (C=O) groups is 1. The van der Waals surface area contributed by atoms with Crippen LogP contribution < -0.4 is 0 Å². The van der Waals surface area contributed by atoms with Gasteiger partial charge in [-0.2, -0.15) is 10.2 Å². The predicted molar refractivity (Wildman–Crippen MR) is 82.4 cm³/mol. The van der Waals surface area contributed by atoms with Gasteiger partial charge in [0, 0.05) is 31.2 Å². The number of carbonyl (C=O) groups excluding carboxylic acids is 1. The summed E-state index contributed by atoms with van der Waals surface area (Å²) >= 11 is 3.35. The van der Waals surface area contributed by atoms with Gasteiger partial charge in [-0.3, -0.25) is 9.48 Å². The van der Waals surface area contributed by atoms with Crippen LogP contribution in [-0.4, -0.2) is 41.7 Å². The maximum absolute atomic E-state index is 12.8. The first-order valence-corrected chi connectivity index (χ1v) is 7.76. The van der Waals surface area contributed by atoms with Crippen LogP contribution in [0.2, 0.25) is 0 Å². The first-order valence-electron chi connectivity index (χ1n) is 6.97. The summed E-state index contributed by atoms with van der Waals surface area (Å²) in [7, 11) is 0. The zero-order valence-electron chi connectivity index (χ0n) is 11.8. The number of rotatable bonds is 1. The second-order valence-corrected chi connectivity index (χ2v) is 6.17. The first kappa shape index (κ1) is 13.4. The SMILES string of the molecule is CC1c2ccnn2CCN1C(=O)c1cc2ncc(Br)cn2n1. The number of hydrogen-bond acceptors (Lipinski definition) is 4. The highest BCUT2D eigenvalue weighted by Crippen LogP contribution is 2.25. The van der Waals surface area contributed by atoms with Crippen LogP contribution >= 0.6 is 15.9 Å². The first-order chi connectivity index (χ1) is 10.6. The summed E-state index contributed by atoms with van der Waals surface area (Å²) in [6.07, 6.45) is 5.24. The van der Waals surface area contributed by atoms with Gasteiger partial charge in [-0.25, -0.2) is 9.50 Å². The summed E-state index contributed by atoms with van der Waals surface area (Å²) in [4.78, 5) is 18.8. The summed E-state index contributed by atoms with van der Waals surface area (Å²) in [5.41, 5.74) is 2.11. The molecule has 7 nitrogen and oxygen atoms in total. The molecule has 0 fully saturated rings. The monoisotopic (exact) mass is 360 g/mol. The average molecular weight is 361 g/mol. The molecule has 22 heavy (non-hydrogen) atoms. The molecule has 0 bridgehead atoms. The summed E-state index contributed by atoms with van der Waals surface area (Å²) in [5, 5.41) is 8.60. The molecule has 0 radical (unpaired) electrons. The van der Waals surface area contributed by atoms with E-state index in [2.05, 4.69) is 31.1 Å². The minimum Gasteiger partial charge on any atom is -0.327 e. The average Bonchev–Trinajstić information content (AvgIpc) is 3.12. The number of halogens is 1. The van der Waals surface area contributed by atoms with E-state index in [1.54, 1.807) is 29.2 Å². The zero-order valence-corrected chi connectivity index (χ0v) is 13.4. The van der Waals surface area contributed by atoms with E-state index in [0.29, 0.717) is 24.4 Å². The molecule has 4 rings (SSSR count). The molecule has 1 amide bonds. The van der Waals surface area contributed by atoms with Gasteiger partial charge in [-0.05, 0) is 28.9 Å². The van der Waals surface area contributed by atoms with Gasteiger partial charge in [0.05, 0.1) is 22.8 Å². The molecule has 0 spiro atoms. The lowest BCUT2D eigenvalue weighted by molar-refractivity contribution is 0.0630. The van der Waals surface area contributed by atoms with Crippen molar-refractivity contribution in [3.63, 3.8) is 0 Å². The van der Waals surface area contributed by atoms with Gasteiger partial charge in [0.2, 0.25) is 0 Å². The summed E-state index contributed by atoms with van der Waals surface area (Å²) < 4.78 is 4.37. The quantitative estimate of drug-likeness (QED) is 0.664. The van der Waals surface area contributed by atoms with Gasteiger partial charge >= 0.3 is 0 Å². The van der Waals surface area contributed by atoms with Gasteiger partial charge in [-0.15, -0.1) is 0 Å². The molecule has 1 unspecified atom stereocenters. The highest BCUT2D eigenvalue weighted by atomic mass is 79.9. The van der Waals surface area contributed by atoms with Crippen LogP contribution in [0.1, 0.15) is 29.1 Å². The van der Waals surface area contributed by atoms with Crippen molar-refractivity contribution >= 4 is 27.5 Å². The van der Waals surface area contributed by atoms with E-state index in [-0.39, 0.29) is 11.9 Å². The van der Waals surface area contributed by atoms with E-state index in [9.17, 15) is 4.79 Å².